The molecule has 1 fully saturated rings. The van der Waals surface area contributed by atoms with E-state index in [1.807, 2.05) is 20.0 Å². The number of carbonyl (C=O) groups excluding carboxylic acids is 1. The van der Waals surface area contributed by atoms with Gasteiger partial charge >= 0.3 is 6.18 Å². The third-order valence-electron chi connectivity index (χ3n) is 4.66. The number of aromatic nitrogens is 3. The van der Waals surface area contributed by atoms with E-state index in [0.717, 1.165) is 30.9 Å². The average Bonchev–Trinajstić information content (AvgIpc) is 3.01. The van der Waals surface area contributed by atoms with Crippen LogP contribution in [0, 0.1) is 0 Å². The predicted octanol–water partition coefficient (Wildman–Crippen LogP) is 3.47. The maximum Gasteiger partial charge on any atom is 0.433 e. The van der Waals surface area contributed by atoms with Gasteiger partial charge < -0.3 is 19.8 Å². The van der Waals surface area contributed by atoms with Gasteiger partial charge in [-0.15, -0.1) is 0 Å². The Labute approximate surface area is 170 Å². The molecule has 3 aromatic rings. The Morgan fingerprint density at radius 2 is 2.03 bits per heavy atom. The van der Waals surface area contributed by atoms with Crippen molar-refractivity contribution in [2.45, 2.75) is 32.0 Å². The van der Waals surface area contributed by atoms with Gasteiger partial charge in [-0.2, -0.15) is 13.2 Å². The largest absolute Gasteiger partial charge is 0.489 e. The molecule has 1 aliphatic rings. The van der Waals surface area contributed by atoms with Crippen molar-refractivity contribution in [2.24, 2.45) is 0 Å². The number of nitrogens with zero attached hydrogens (tertiary/aromatic N) is 3. The highest BCUT2D eigenvalue weighted by Gasteiger charge is 2.33. The first-order chi connectivity index (χ1) is 14.2. The number of amides is 1. The van der Waals surface area contributed by atoms with Gasteiger partial charge in [0.1, 0.15) is 28.5 Å². The molecular weight excluding hydrogens is 399 g/mol. The van der Waals surface area contributed by atoms with Gasteiger partial charge in [-0.05, 0) is 26.0 Å². The second-order valence-electron chi connectivity index (χ2n) is 7.36. The number of nitrogens with one attached hydrogen (secondary N) is 2. The van der Waals surface area contributed by atoms with Gasteiger partial charge in [-0.1, -0.05) is 6.07 Å². The maximum absolute atomic E-state index is 12.9. The number of anilines is 1. The Kier molecular flexibility index (Phi) is 5.10. The van der Waals surface area contributed by atoms with E-state index in [2.05, 4.69) is 20.6 Å². The molecule has 0 aromatic carbocycles. The zero-order valence-electron chi connectivity index (χ0n) is 16.3. The molecule has 158 valence electrons. The van der Waals surface area contributed by atoms with E-state index in [4.69, 9.17) is 4.74 Å². The molecular formula is C20H20F3N5O2. The fourth-order valence-electron chi connectivity index (χ4n) is 3.08. The summed E-state index contributed by atoms with van der Waals surface area (Å²) >= 11 is 0. The number of imidazole rings is 1. The molecule has 10 heteroatoms. The molecule has 0 saturated carbocycles. The Bertz CT molecular complexity index is 1090. The first-order valence-electron chi connectivity index (χ1n) is 9.46. The molecule has 3 aromatic heterocycles. The number of carbonyl (C=O) groups is 1. The van der Waals surface area contributed by atoms with Crippen LogP contribution in [0.15, 0.2) is 36.7 Å². The van der Waals surface area contributed by atoms with Crippen molar-refractivity contribution in [2.75, 3.05) is 18.4 Å². The molecule has 30 heavy (non-hydrogen) atoms. The van der Waals surface area contributed by atoms with Crippen molar-refractivity contribution in [3.05, 3.63) is 53.7 Å². The van der Waals surface area contributed by atoms with E-state index < -0.39 is 17.8 Å². The zero-order valence-corrected chi connectivity index (χ0v) is 16.3. The summed E-state index contributed by atoms with van der Waals surface area (Å²) in [6.07, 6.45) is -1.30. The molecule has 4 heterocycles. The van der Waals surface area contributed by atoms with Crippen LogP contribution in [0.25, 0.3) is 5.65 Å². The van der Waals surface area contributed by atoms with Crippen molar-refractivity contribution in [3.63, 3.8) is 0 Å². The molecule has 0 unspecified atom stereocenters. The summed E-state index contributed by atoms with van der Waals surface area (Å²) in [5, 5.41) is 5.81. The summed E-state index contributed by atoms with van der Waals surface area (Å²) in [4.78, 5) is 20.7. The van der Waals surface area contributed by atoms with Gasteiger partial charge in [0, 0.05) is 37.5 Å². The SMILES string of the molecule is CC(C)Oc1cc2nc(C3CNC3)cn2cc1NC(=O)c1cccc(C(F)(F)F)n1. The normalized spacial score (nSPS) is 14.7. The highest BCUT2D eigenvalue weighted by atomic mass is 19.4. The summed E-state index contributed by atoms with van der Waals surface area (Å²) in [5.74, 6) is -0.0639. The van der Waals surface area contributed by atoms with Gasteiger partial charge in [-0.3, -0.25) is 4.79 Å². The molecule has 1 saturated heterocycles. The van der Waals surface area contributed by atoms with Crippen molar-refractivity contribution >= 4 is 17.2 Å². The molecule has 1 aliphatic heterocycles. The van der Waals surface area contributed by atoms with E-state index in [9.17, 15) is 18.0 Å². The second kappa shape index (κ2) is 7.60. The summed E-state index contributed by atoms with van der Waals surface area (Å²) in [6, 6.07) is 4.89. The zero-order chi connectivity index (χ0) is 21.5. The maximum atomic E-state index is 12.9. The number of fused-ring (bicyclic) bond motifs is 1. The van der Waals surface area contributed by atoms with Crippen LogP contribution in [0.4, 0.5) is 18.9 Å². The first kappa shape index (κ1) is 20.1. The Balaban J connectivity index is 1.67. The van der Waals surface area contributed by atoms with Crippen LogP contribution in [0.5, 0.6) is 5.75 Å². The molecule has 0 spiro atoms. The fourth-order valence-corrected chi connectivity index (χ4v) is 3.08. The summed E-state index contributed by atoms with van der Waals surface area (Å²) in [6.45, 7) is 5.37. The van der Waals surface area contributed by atoms with Crippen molar-refractivity contribution < 1.29 is 22.7 Å². The van der Waals surface area contributed by atoms with Gasteiger partial charge in [0.15, 0.2) is 0 Å². The Morgan fingerprint density at radius 1 is 1.27 bits per heavy atom. The molecule has 0 aliphatic carbocycles. The lowest BCUT2D eigenvalue weighted by Crippen LogP contribution is -2.40. The van der Waals surface area contributed by atoms with E-state index in [1.165, 1.54) is 6.07 Å². The topological polar surface area (TPSA) is 80.5 Å². The standard InChI is InChI=1S/C20H20F3N5O2/c1-11(2)30-16-6-18-26-14(12-7-24-8-12)9-28(18)10-15(16)27-19(29)13-4-3-5-17(25-13)20(21,22)23/h3-6,9-12,24H,7-8H2,1-2H3,(H,27,29). The number of hydrogen-bond donors (Lipinski definition) is 2. The monoisotopic (exact) mass is 419 g/mol. The van der Waals surface area contributed by atoms with E-state index >= 15 is 0 Å². The molecule has 0 bridgehead atoms. The minimum Gasteiger partial charge on any atom is -0.489 e. The van der Waals surface area contributed by atoms with Crippen LogP contribution in [0.1, 0.15) is 41.6 Å². The third kappa shape index (κ3) is 4.09. The summed E-state index contributed by atoms with van der Waals surface area (Å²) in [5.41, 5.74) is 0.427. The molecule has 1 amide bonds. The van der Waals surface area contributed by atoms with E-state index in [0.29, 0.717) is 23.0 Å². The second-order valence-corrected chi connectivity index (χ2v) is 7.36. The van der Waals surface area contributed by atoms with Crippen LogP contribution >= 0.6 is 0 Å². The lowest BCUT2D eigenvalue weighted by atomic mass is 10.0. The Hall–Kier alpha value is -3.14. The first-order valence-corrected chi connectivity index (χ1v) is 9.46. The van der Waals surface area contributed by atoms with Gasteiger partial charge in [0.05, 0.1) is 11.8 Å². The van der Waals surface area contributed by atoms with Crippen LogP contribution in [0.2, 0.25) is 0 Å². The van der Waals surface area contributed by atoms with Crippen LogP contribution in [0.3, 0.4) is 0 Å². The van der Waals surface area contributed by atoms with Crippen molar-refractivity contribution in [1.29, 1.82) is 0 Å². The van der Waals surface area contributed by atoms with Gasteiger partial charge in [0.25, 0.3) is 5.91 Å². The lowest BCUT2D eigenvalue weighted by molar-refractivity contribution is -0.141. The predicted molar refractivity (Wildman–Crippen MR) is 104 cm³/mol. The number of rotatable bonds is 5. The smallest absolute Gasteiger partial charge is 0.433 e. The molecule has 0 radical (unpaired) electrons. The quantitative estimate of drug-likeness (QED) is 0.662. The molecule has 7 nitrogen and oxygen atoms in total. The fraction of sp³-hybridized carbons (Fsp3) is 0.350. The number of halogens is 3. The number of pyridine rings is 2. The van der Waals surface area contributed by atoms with E-state index in [-0.39, 0.29) is 11.8 Å². The average molecular weight is 419 g/mol. The van der Waals surface area contributed by atoms with Crippen molar-refractivity contribution in [1.82, 2.24) is 19.7 Å². The third-order valence-corrected chi connectivity index (χ3v) is 4.66. The molecule has 0 atom stereocenters. The number of alkyl halides is 3. The lowest BCUT2D eigenvalue weighted by Gasteiger charge is -2.24. The molecule has 4 rings (SSSR count). The van der Waals surface area contributed by atoms with Crippen LogP contribution in [-0.2, 0) is 6.18 Å². The number of ether oxygens (including phenoxy) is 1. The van der Waals surface area contributed by atoms with Gasteiger partial charge in [-0.25, -0.2) is 9.97 Å². The van der Waals surface area contributed by atoms with Crippen molar-refractivity contribution in [3.8, 4) is 5.75 Å². The van der Waals surface area contributed by atoms with Gasteiger partial charge in [0.2, 0.25) is 0 Å². The van der Waals surface area contributed by atoms with E-state index in [1.54, 1.807) is 16.7 Å². The van der Waals surface area contributed by atoms with Crippen LogP contribution in [-0.4, -0.2) is 39.5 Å². The Morgan fingerprint density at radius 3 is 2.67 bits per heavy atom. The summed E-state index contributed by atoms with van der Waals surface area (Å²) < 4.78 is 46.3. The van der Waals surface area contributed by atoms with Crippen LogP contribution < -0.4 is 15.4 Å². The highest BCUT2D eigenvalue weighted by molar-refractivity contribution is 6.03. The minimum absolute atomic E-state index is 0.181. The number of hydrogen-bond acceptors (Lipinski definition) is 5. The summed E-state index contributed by atoms with van der Waals surface area (Å²) in [7, 11) is 0. The highest BCUT2D eigenvalue weighted by Crippen LogP contribution is 2.30. The molecule has 2 N–H and O–H groups in total. The minimum atomic E-state index is -4.63.